The summed E-state index contributed by atoms with van der Waals surface area (Å²) in [6, 6.07) is 4.44. The Balaban J connectivity index is 0.000000383. The second-order valence-corrected chi connectivity index (χ2v) is 7.46. The number of nitrogens with zero attached hydrogens (tertiary/aromatic N) is 4. The molecule has 178 valence electrons. The topological polar surface area (TPSA) is 115 Å². The fourth-order valence-electron chi connectivity index (χ4n) is 3.63. The van der Waals surface area contributed by atoms with Crippen molar-refractivity contribution in [1.29, 1.82) is 0 Å². The van der Waals surface area contributed by atoms with Gasteiger partial charge in [0.25, 0.3) is 11.8 Å². The fraction of sp³-hybridized carbons (Fsp3) is 0.450. The predicted molar refractivity (Wildman–Crippen MR) is 103 cm³/mol. The van der Waals surface area contributed by atoms with Crippen molar-refractivity contribution >= 4 is 11.9 Å². The molecule has 2 aromatic rings. The molecule has 13 heteroatoms. The van der Waals surface area contributed by atoms with E-state index in [1.165, 1.54) is 24.7 Å². The largest absolute Gasteiger partial charge is 0.490 e. The van der Waals surface area contributed by atoms with Crippen molar-refractivity contribution in [3.8, 4) is 5.88 Å². The van der Waals surface area contributed by atoms with Crippen molar-refractivity contribution < 1.29 is 41.7 Å². The number of ether oxygens (including phenoxy) is 2. The third kappa shape index (κ3) is 6.34. The van der Waals surface area contributed by atoms with Gasteiger partial charge in [0.05, 0.1) is 18.8 Å². The number of carbonyl (C=O) groups excluding carboxylic acids is 1. The monoisotopic (exact) mass is 472 g/mol. The van der Waals surface area contributed by atoms with E-state index in [0.29, 0.717) is 31.8 Å². The lowest BCUT2D eigenvalue weighted by Crippen LogP contribution is -2.50. The highest BCUT2D eigenvalue weighted by atomic mass is 19.4. The van der Waals surface area contributed by atoms with E-state index in [0.717, 1.165) is 12.8 Å². The van der Waals surface area contributed by atoms with E-state index < -0.39 is 23.6 Å². The van der Waals surface area contributed by atoms with E-state index in [4.69, 9.17) is 19.4 Å². The van der Waals surface area contributed by atoms with Crippen molar-refractivity contribution in [2.45, 2.75) is 37.1 Å². The standard InChI is InChI=1S/C18H19FN4O3.C2HF3O2/c19-14-3-1-6-21-16(14)26-13-9-18(25-10-13)5-2-8-23(11-18)17(24)15-4-7-20-12-22-15;3-2(4,5)1(6)7/h1,3-4,6-7,12-13H,2,5,8-11H2;(H,6,7)/t13-,18+;/m1./s1. The number of carbonyl (C=O) groups is 2. The molecule has 2 fully saturated rings. The average molecular weight is 472 g/mol. The maximum absolute atomic E-state index is 13.7. The van der Waals surface area contributed by atoms with Gasteiger partial charge in [-0.05, 0) is 31.0 Å². The van der Waals surface area contributed by atoms with Crippen molar-refractivity contribution in [2.75, 3.05) is 19.7 Å². The normalized spacial score (nSPS) is 22.4. The number of aliphatic carboxylic acids is 1. The first kappa shape index (κ1) is 24.3. The first-order chi connectivity index (χ1) is 15.6. The number of amides is 1. The van der Waals surface area contributed by atoms with E-state index >= 15 is 0 Å². The van der Waals surface area contributed by atoms with Gasteiger partial charge in [0, 0.05) is 25.4 Å². The Morgan fingerprint density at radius 2 is 2.00 bits per heavy atom. The Morgan fingerprint density at radius 3 is 2.64 bits per heavy atom. The van der Waals surface area contributed by atoms with Crippen molar-refractivity contribution in [3.63, 3.8) is 0 Å². The molecule has 9 nitrogen and oxygen atoms in total. The maximum atomic E-state index is 13.7. The lowest BCUT2D eigenvalue weighted by Gasteiger charge is -2.39. The van der Waals surface area contributed by atoms with Gasteiger partial charge in [-0.3, -0.25) is 4.79 Å². The summed E-state index contributed by atoms with van der Waals surface area (Å²) in [6.07, 6.45) is 1.31. The number of aromatic nitrogens is 3. The molecule has 1 spiro atoms. The van der Waals surface area contributed by atoms with E-state index in [2.05, 4.69) is 15.0 Å². The van der Waals surface area contributed by atoms with Crippen molar-refractivity contribution in [1.82, 2.24) is 19.9 Å². The average Bonchev–Trinajstić information content (AvgIpc) is 3.16. The molecule has 1 N–H and O–H groups in total. The van der Waals surface area contributed by atoms with Crippen molar-refractivity contribution in [3.05, 3.63) is 48.4 Å². The summed E-state index contributed by atoms with van der Waals surface area (Å²) < 4.78 is 57.2. The second kappa shape index (κ2) is 10.1. The molecule has 0 unspecified atom stereocenters. The molecule has 33 heavy (non-hydrogen) atoms. The molecular formula is C20H20F4N4O5. The zero-order chi connectivity index (χ0) is 24.1. The minimum atomic E-state index is -5.08. The maximum Gasteiger partial charge on any atom is 0.490 e. The van der Waals surface area contributed by atoms with E-state index in [1.54, 1.807) is 17.2 Å². The van der Waals surface area contributed by atoms with Gasteiger partial charge >= 0.3 is 12.1 Å². The van der Waals surface area contributed by atoms with Crippen LogP contribution in [0.15, 0.2) is 36.9 Å². The first-order valence-corrected chi connectivity index (χ1v) is 9.86. The Kier molecular flexibility index (Phi) is 7.41. The first-order valence-electron chi connectivity index (χ1n) is 9.86. The molecule has 0 aromatic carbocycles. The Bertz CT molecular complexity index is 978. The number of carboxylic acids is 1. The summed E-state index contributed by atoms with van der Waals surface area (Å²) in [4.78, 5) is 35.1. The van der Waals surface area contributed by atoms with Crippen LogP contribution in [-0.2, 0) is 9.53 Å². The van der Waals surface area contributed by atoms with Crippen LogP contribution in [-0.4, -0.2) is 74.4 Å². The van der Waals surface area contributed by atoms with E-state index in [9.17, 15) is 22.4 Å². The van der Waals surface area contributed by atoms with Crippen LogP contribution < -0.4 is 4.74 Å². The number of rotatable bonds is 3. The molecular weight excluding hydrogens is 452 g/mol. The lowest BCUT2D eigenvalue weighted by atomic mass is 9.89. The molecule has 0 radical (unpaired) electrons. The van der Waals surface area contributed by atoms with Crippen LogP contribution in [0, 0.1) is 5.82 Å². The van der Waals surface area contributed by atoms with Gasteiger partial charge in [0.2, 0.25) is 0 Å². The zero-order valence-corrected chi connectivity index (χ0v) is 17.2. The molecule has 4 rings (SSSR count). The SMILES string of the molecule is O=C(O)C(F)(F)F.O=C(c1ccncn1)N1CCC[C@]2(C[C@@H](Oc3ncccc3F)CO2)C1. The van der Waals surface area contributed by atoms with Gasteiger partial charge in [-0.2, -0.15) is 13.2 Å². The Labute approximate surface area is 185 Å². The van der Waals surface area contributed by atoms with Gasteiger partial charge in [0.15, 0.2) is 5.82 Å². The van der Waals surface area contributed by atoms with Crippen LogP contribution in [0.2, 0.25) is 0 Å². The van der Waals surface area contributed by atoms with Crippen LogP contribution >= 0.6 is 0 Å². The van der Waals surface area contributed by atoms with Crippen LogP contribution in [0.1, 0.15) is 29.8 Å². The highest BCUT2D eigenvalue weighted by Gasteiger charge is 2.46. The Morgan fingerprint density at radius 1 is 1.24 bits per heavy atom. The quantitative estimate of drug-likeness (QED) is 0.678. The van der Waals surface area contributed by atoms with Gasteiger partial charge in [-0.1, -0.05) is 0 Å². The van der Waals surface area contributed by atoms with Gasteiger partial charge < -0.3 is 19.5 Å². The summed E-state index contributed by atoms with van der Waals surface area (Å²) in [5, 5.41) is 7.12. The summed E-state index contributed by atoms with van der Waals surface area (Å²) in [7, 11) is 0. The van der Waals surface area contributed by atoms with Crippen LogP contribution in [0.5, 0.6) is 5.88 Å². The summed E-state index contributed by atoms with van der Waals surface area (Å²) in [6.45, 7) is 1.49. The second-order valence-electron chi connectivity index (χ2n) is 7.46. The highest BCUT2D eigenvalue weighted by Crippen LogP contribution is 2.36. The summed E-state index contributed by atoms with van der Waals surface area (Å²) >= 11 is 0. The third-order valence-corrected chi connectivity index (χ3v) is 5.05. The number of hydrogen-bond acceptors (Lipinski definition) is 7. The lowest BCUT2D eigenvalue weighted by molar-refractivity contribution is -0.192. The molecule has 0 aliphatic carbocycles. The number of piperidine rings is 1. The molecule has 2 aliphatic rings. The number of likely N-dealkylation sites (tertiary alicyclic amines) is 1. The molecule has 4 heterocycles. The summed E-state index contributed by atoms with van der Waals surface area (Å²) in [5.74, 6) is -3.39. The van der Waals surface area contributed by atoms with Crippen LogP contribution in [0.4, 0.5) is 17.6 Å². The predicted octanol–water partition coefficient (Wildman–Crippen LogP) is 2.49. The molecule has 2 atom stereocenters. The van der Waals surface area contributed by atoms with Gasteiger partial charge in [-0.15, -0.1) is 0 Å². The number of carboxylic acid groups (broad SMARTS) is 1. The van der Waals surface area contributed by atoms with Crippen LogP contribution in [0.25, 0.3) is 0 Å². The Hall–Kier alpha value is -3.35. The zero-order valence-electron chi connectivity index (χ0n) is 17.2. The fourth-order valence-corrected chi connectivity index (χ4v) is 3.63. The molecule has 2 saturated heterocycles. The number of hydrogen-bond donors (Lipinski definition) is 1. The van der Waals surface area contributed by atoms with Crippen LogP contribution in [0.3, 0.4) is 0 Å². The number of pyridine rings is 1. The van der Waals surface area contributed by atoms with Crippen molar-refractivity contribution in [2.24, 2.45) is 0 Å². The smallest absolute Gasteiger partial charge is 0.475 e. The van der Waals surface area contributed by atoms with E-state index in [1.807, 2.05) is 0 Å². The highest BCUT2D eigenvalue weighted by molar-refractivity contribution is 5.92. The molecule has 2 aromatic heterocycles. The number of alkyl halides is 3. The van der Waals surface area contributed by atoms with Gasteiger partial charge in [0.1, 0.15) is 18.1 Å². The third-order valence-electron chi connectivity index (χ3n) is 5.05. The summed E-state index contributed by atoms with van der Waals surface area (Å²) in [5.41, 5.74) is -0.0879. The van der Waals surface area contributed by atoms with Gasteiger partial charge in [-0.25, -0.2) is 24.1 Å². The molecule has 0 bridgehead atoms. The molecule has 0 saturated carbocycles. The van der Waals surface area contributed by atoms with E-state index in [-0.39, 0.29) is 17.9 Å². The minimum absolute atomic E-state index is 0.0112. The molecule has 2 aliphatic heterocycles. The minimum Gasteiger partial charge on any atom is -0.475 e. The molecule has 1 amide bonds. The number of halogens is 4.